The first-order chi connectivity index (χ1) is 9.29. The topological polar surface area (TPSA) is 56.5 Å². The molecule has 4 nitrogen and oxygen atoms in total. The number of ether oxygens (including phenoxy) is 2. The van der Waals surface area contributed by atoms with E-state index in [1.807, 2.05) is 6.07 Å². The zero-order chi connectivity index (χ0) is 13.2. The molecule has 1 aromatic rings. The molecule has 2 aliphatic heterocycles. The third kappa shape index (κ3) is 2.42. The predicted octanol–water partition coefficient (Wildman–Crippen LogP) is 1.50. The number of rotatable bonds is 2. The lowest BCUT2D eigenvalue weighted by Gasteiger charge is -2.37. The lowest BCUT2D eigenvalue weighted by molar-refractivity contribution is 0.166. The molecule has 0 aliphatic carbocycles. The van der Waals surface area contributed by atoms with E-state index in [-0.39, 0.29) is 0 Å². The summed E-state index contributed by atoms with van der Waals surface area (Å²) in [6.07, 6.45) is 1.10. The van der Waals surface area contributed by atoms with E-state index in [4.69, 9.17) is 15.2 Å². The highest BCUT2D eigenvalue weighted by Crippen LogP contribution is 2.42. The van der Waals surface area contributed by atoms with Crippen molar-refractivity contribution in [1.82, 2.24) is 5.32 Å². The summed E-state index contributed by atoms with van der Waals surface area (Å²) in [5.41, 5.74) is 7.21. The van der Waals surface area contributed by atoms with Crippen molar-refractivity contribution in [2.45, 2.75) is 25.3 Å². The van der Waals surface area contributed by atoms with Crippen LogP contribution in [0.4, 0.5) is 0 Å². The molecule has 3 unspecified atom stereocenters. The molecule has 1 saturated heterocycles. The lowest BCUT2D eigenvalue weighted by atomic mass is 9.78. The maximum Gasteiger partial charge on any atom is 0.164 e. The maximum absolute atomic E-state index is 5.94. The molecule has 0 spiro atoms. The van der Waals surface area contributed by atoms with Gasteiger partial charge in [0.15, 0.2) is 11.5 Å². The van der Waals surface area contributed by atoms with Crippen molar-refractivity contribution in [1.29, 1.82) is 0 Å². The van der Waals surface area contributed by atoms with Crippen LogP contribution in [0.25, 0.3) is 0 Å². The second kappa shape index (κ2) is 5.39. The molecule has 3 atom stereocenters. The summed E-state index contributed by atoms with van der Waals surface area (Å²) >= 11 is 0. The van der Waals surface area contributed by atoms with Gasteiger partial charge in [-0.15, -0.1) is 0 Å². The second-order valence-electron chi connectivity index (χ2n) is 5.52. The number of nitrogens with one attached hydrogen (secondary N) is 1. The average molecular weight is 262 g/mol. The van der Waals surface area contributed by atoms with Gasteiger partial charge >= 0.3 is 0 Å². The van der Waals surface area contributed by atoms with Crippen LogP contribution >= 0.6 is 0 Å². The second-order valence-corrected chi connectivity index (χ2v) is 5.52. The molecule has 3 N–H and O–H groups in total. The van der Waals surface area contributed by atoms with Crippen LogP contribution in [0.15, 0.2) is 18.2 Å². The number of benzene rings is 1. The smallest absolute Gasteiger partial charge is 0.164 e. The van der Waals surface area contributed by atoms with Crippen molar-refractivity contribution in [2.75, 3.05) is 26.3 Å². The molecule has 2 aliphatic rings. The Morgan fingerprint density at radius 3 is 3.00 bits per heavy atom. The Labute approximate surface area is 114 Å². The first kappa shape index (κ1) is 12.8. The van der Waals surface area contributed by atoms with Crippen LogP contribution < -0.4 is 20.5 Å². The molecular formula is C15H22N2O2. The van der Waals surface area contributed by atoms with Gasteiger partial charge in [0.2, 0.25) is 0 Å². The Balaban J connectivity index is 1.95. The molecule has 0 aromatic heterocycles. The van der Waals surface area contributed by atoms with Crippen molar-refractivity contribution in [3.8, 4) is 11.5 Å². The Bertz CT molecular complexity index is 450. The summed E-state index contributed by atoms with van der Waals surface area (Å²) in [7, 11) is 0. The van der Waals surface area contributed by atoms with E-state index in [9.17, 15) is 0 Å². The molecule has 0 bridgehead atoms. The Hall–Kier alpha value is -1.26. The molecule has 0 radical (unpaired) electrons. The van der Waals surface area contributed by atoms with E-state index in [1.54, 1.807) is 0 Å². The largest absolute Gasteiger partial charge is 0.486 e. The zero-order valence-corrected chi connectivity index (χ0v) is 11.4. The van der Waals surface area contributed by atoms with Crippen LogP contribution in [-0.2, 0) is 0 Å². The normalized spacial score (nSPS) is 30.1. The highest BCUT2D eigenvalue weighted by Gasteiger charge is 2.32. The lowest BCUT2D eigenvalue weighted by Crippen LogP contribution is -2.44. The first-order valence-corrected chi connectivity index (χ1v) is 7.11. The van der Waals surface area contributed by atoms with Crippen LogP contribution in [0.2, 0.25) is 0 Å². The third-order valence-corrected chi connectivity index (χ3v) is 4.20. The minimum absolute atomic E-state index is 0.456. The highest BCUT2D eigenvalue weighted by molar-refractivity contribution is 5.49. The van der Waals surface area contributed by atoms with Crippen molar-refractivity contribution in [2.24, 2.45) is 11.7 Å². The average Bonchev–Trinajstić information content (AvgIpc) is 2.46. The van der Waals surface area contributed by atoms with Gasteiger partial charge in [-0.2, -0.15) is 0 Å². The fraction of sp³-hybridized carbons (Fsp3) is 0.600. The molecule has 104 valence electrons. The zero-order valence-electron chi connectivity index (χ0n) is 11.4. The van der Waals surface area contributed by atoms with E-state index < -0.39 is 0 Å². The van der Waals surface area contributed by atoms with E-state index in [0.717, 1.165) is 24.5 Å². The molecule has 1 fully saturated rings. The Morgan fingerprint density at radius 2 is 2.16 bits per heavy atom. The third-order valence-electron chi connectivity index (χ3n) is 4.20. The Morgan fingerprint density at radius 1 is 1.32 bits per heavy atom. The van der Waals surface area contributed by atoms with E-state index in [0.29, 0.717) is 37.6 Å². The monoisotopic (exact) mass is 262 g/mol. The van der Waals surface area contributed by atoms with Crippen LogP contribution in [0.5, 0.6) is 11.5 Å². The van der Waals surface area contributed by atoms with Gasteiger partial charge in [0.1, 0.15) is 13.2 Å². The molecule has 4 heteroatoms. The summed E-state index contributed by atoms with van der Waals surface area (Å²) in [6, 6.07) is 6.73. The minimum atomic E-state index is 0.456. The number of hydrogen-bond acceptors (Lipinski definition) is 4. The maximum atomic E-state index is 5.94. The summed E-state index contributed by atoms with van der Waals surface area (Å²) in [6.45, 7) is 5.19. The van der Waals surface area contributed by atoms with Crippen molar-refractivity contribution < 1.29 is 9.47 Å². The molecule has 1 aromatic carbocycles. The Kier molecular flexibility index (Phi) is 3.62. The first-order valence-electron chi connectivity index (χ1n) is 7.11. The number of piperidine rings is 1. The van der Waals surface area contributed by atoms with Gasteiger partial charge in [0.25, 0.3) is 0 Å². The summed E-state index contributed by atoms with van der Waals surface area (Å²) < 4.78 is 11.5. The summed E-state index contributed by atoms with van der Waals surface area (Å²) in [5, 5.41) is 3.51. The molecular weight excluding hydrogens is 240 g/mol. The molecule has 2 heterocycles. The number of fused-ring (bicyclic) bond motifs is 1. The van der Waals surface area contributed by atoms with Gasteiger partial charge in [-0.3, -0.25) is 0 Å². The quantitative estimate of drug-likeness (QED) is 0.848. The van der Waals surface area contributed by atoms with Crippen molar-refractivity contribution >= 4 is 0 Å². The summed E-state index contributed by atoms with van der Waals surface area (Å²) in [4.78, 5) is 0. The fourth-order valence-corrected chi connectivity index (χ4v) is 3.17. The fourth-order valence-electron chi connectivity index (χ4n) is 3.17. The van der Waals surface area contributed by atoms with Crippen LogP contribution in [0, 0.1) is 5.92 Å². The number of hydrogen-bond donors (Lipinski definition) is 2. The molecule has 3 rings (SSSR count). The van der Waals surface area contributed by atoms with Crippen molar-refractivity contribution in [3.05, 3.63) is 23.8 Å². The number of para-hydroxylation sites is 1. The van der Waals surface area contributed by atoms with Crippen LogP contribution in [-0.4, -0.2) is 32.3 Å². The molecule has 0 saturated carbocycles. The highest BCUT2D eigenvalue weighted by atomic mass is 16.6. The van der Waals surface area contributed by atoms with Crippen molar-refractivity contribution in [3.63, 3.8) is 0 Å². The standard InChI is InChI=1S/C15H22N2O2/c1-10-7-13(11(8-16)9-17-10)12-3-2-4-14-15(12)19-6-5-18-14/h2-4,10-11,13,17H,5-9,16H2,1H3. The molecule has 0 amide bonds. The van der Waals surface area contributed by atoms with E-state index in [2.05, 4.69) is 24.4 Å². The van der Waals surface area contributed by atoms with Gasteiger partial charge in [0, 0.05) is 11.6 Å². The molecule has 19 heavy (non-hydrogen) atoms. The number of nitrogens with two attached hydrogens (primary N) is 1. The minimum Gasteiger partial charge on any atom is -0.486 e. The van der Waals surface area contributed by atoms with Crippen LogP contribution in [0.3, 0.4) is 0 Å². The van der Waals surface area contributed by atoms with Gasteiger partial charge < -0.3 is 20.5 Å². The SMILES string of the molecule is CC1CC(c2cccc3c2OCCO3)C(CN)CN1. The van der Waals surface area contributed by atoms with Gasteiger partial charge in [-0.1, -0.05) is 12.1 Å². The van der Waals surface area contributed by atoms with Crippen LogP contribution in [0.1, 0.15) is 24.8 Å². The predicted molar refractivity (Wildman–Crippen MR) is 74.8 cm³/mol. The van der Waals surface area contributed by atoms with Gasteiger partial charge in [0.05, 0.1) is 0 Å². The van der Waals surface area contributed by atoms with E-state index >= 15 is 0 Å². The summed E-state index contributed by atoms with van der Waals surface area (Å²) in [5.74, 6) is 2.74. The van der Waals surface area contributed by atoms with Gasteiger partial charge in [-0.25, -0.2) is 0 Å². The van der Waals surface area contributed by atoms with E-state index in [1.165, 1.54) is 5.56 Å². The van der Waals surface area contributed by atoms with Gasteiger partial charge in [-0.05, 0) is 44.3 Å².